The third-order valence-electron chi connectivity index (χ3n) is 3.16. The number of anilines is 2. The van der Waals surface area contributed by atoms with Gasteiger partial charge in [0.2, 0.25) is 5.91 Å². The SMILES string of the molecule is NC(=O)C1CCCCN1c1c(F)cc(N)cc1F. The smallest absolute Gasteiger partial charge is 0.240 e. The number of nitrogen functional groups attached to an aromatic ring is 1. The number of nitrogens with two attached hydrogens (primary N) is 2. The lowest BCUT2D eigenvalue weighted by atomic mass is 10.0. The van der Waals surface area contributed by atoms with Gasteiger partial charge in [-0.3, -0.25) is 4.79 Å². The van der Waals surface area contributed by atoms with Crippen LogP contribution in [0.3, 0.4) is 0 Å². The number of benzene rings is 1. The van der Waals surface area contributed by atoms with Crippen molar-refractivity contribution >= 4 is 17.3 Å². The van der Waals surface area contributed by atoms with Crippen LogP contribution in [0.5, 0.6) is 0 Å². The van der Waals surface area contributed by atoms with Crippen molar-refractivity contribution in [1.82, 2.24) is 0 Å². The molecule has 1 saturated heterocycles. The van der Waals surface area contributed by atoms with Crippen LogP contribution in [0.15, 0.2) is 12.1 Å². The van der Waals surface area contributed by atoms with Crippen molar-refractivity contribution in [3.8, 4) is 0 Å². The van der Waals surface area contributed by atoms with Crippen molar-refractivity contribution in [3.63, 3.8) is 0 Å². The molecule has 2 rings (SSSR count). The van der Waals surface area contributed by atoms with Crippen LogP contribution in [0, 0.1) is 11.6 Å². The minimum atomic E-state index is -0.763. The third-order valence-corrected chi connectivity index (χ3v) is 3.16. The zero-order valence-corrected chi connectivity index (χ0v) is 9.83. The quantitative estimate of drug-likeness (QED) is 0.784. The van der Waals surface area contributed by atoms with Crippen LogP contribution in [0.2, 0.25) is 0 Å². The Kier molecular flexibility index (Phi) is 3.36. The van der Waals surface area contributed by atoms with E-state index in [2.05, 4.69) is 0 Å². The standard InChI is InChI=1S/C12H15F2N3O/c13-8-5-7(15)6-9(14)11(8)17-4-2-1-3-10(17)12(16)18/h5-6,10H,1-4,15H2,(H2,16,18). The van der Waals surface area contributed by atoms with Crippen LogP contribution >= 0.6 is 0 Å². The van der Waals surface area contributed by atoms with Crippen molar-refractivity contribution in [1.29, 1.82) is 0 Å². The zero-order valence-electron chi connectivity index (χ0n) is 9.83. The lowest BCUT2D eigenvalue weighted by Gasteiger charge is -2.35. The lowest BCUT2D eigenvalue weighted by Crippen LogP contribution is -2.48. The molecule has 1 aromatic rings. The van der Waals surface area contributed by atoms with Gasteiger partial charge in [0.1, 0.15) is 11.7 Å². The summed E-state index contributed by atoms with van der Waals surface area (Å²) < 4.78 is 27.6. The molecule has 18 heavy (non-hydrogen) atoms. The molecule has 1 atom stereocenters. The molecule has 1 unspecified atom stereocenters. The fourth-order valence-electron chi connectivity index (χ4n) is 2.35. The highest BCUT2D eigenvalue weighted by Crippen LogP contribution is 2.31. The zero-order chi connectivity index (χ0) is 13.3. The van der Waals surface area contributed by atoms with Crippen molar-refractivity contribution in [2.24, 2.45) is 5.73 Å². The summed E-state index contributed by atoms with van der Waals surface area (Å²) in [6.07, 6.45) is 2.11. The number of rotatable bonds is 2. The second-order valence-corrected chi connectivity index (χ2v) is 4.44. The van der Waals surface area contributed by atoms with Crippen LogP contribution in [-0.2, 0) is 4.79 Å². The highest BCUT2D eigenvalue weighted by Gasteiger charge is 2.30. The number of hydrogen-bond acceptors (Lipinski definition) is 3. The molecular weight excluding hydrogens is 240 g/mol. The summed E-state index contributed by atoms with van der Waals surface area (Å²) in [6, 6.07) is 1.43. The Morgan fingerprint density at radius 2 is 1.89 bits per heavy atom. The van der Waals surface area contributed by atoms with E-state index in [1.54, 1.807) is 0 Å². The average Bonchev–Trinajstić information content (AvgIpc) is 2.28. The molecule has 0 aromatic heterocycles. The summed E-state index contributed by atoms with van der Waals surface area (Å²) in [6.45, 7) is 0.408. The number of halogens is 2. The Balaban J connectivity index is 2.43. The Morgan fingerprint density at radius 1 is 1.28 bits per heavy atom. The number of carbonyl (C=O) groups excluding carboxylic acids is 1. The molecule has 98 valence electrons. The summed E-state index contributed by atoms with van der Waals surface area (Å²) in [5, 5.41) is 0. The Labute approximate surface area is 104 Å². The monoisotopic (exact) mass is 255 g/mol. The van der Waals surface area contributed by atoms with E-state index in [1.165, 1.54) is 4.90 Å². The van der Waals surface area contributed by atoms with Gasteiger partial charge >= 0.3 is 0 Å². The molecular formula is C12H15F2N3O. The fraction of sp³-hybridized carbons (Fsp3) is 0.417. The molecule has 1 aliphatic heterocycles. The first-order valence-corrected chi connectivity index (χ1v) is 5.81. The van der Waals surface area contributed by atoms with Gasteiger partial charge in [-0.25, -0.2) is 8.78 Å². The molecule has 0 saturated carbocycles. The van der Waals surface area contributed by atoms with Gasteiger partial charge in [-0.05, 0) is 31.4 Å². The lowest BCUT2D eigenvalue weighted by molar-refractivity contribution is -0.119. The van der Waals surface area contributed by atoms with E-state index in [4.69, 9.17) is 11.5 Å². The van der Waals surface area contributed by atoms with Crippen molar-refractivity contribution < 1.29 is 13.6 Å². The molecule has 0 aliphatic carbocycles. The second-order valence-electron chi connectivity index (χ2n) is 4.44. The van der Waals surface area contributed by atoms with E-state index in [1.807, 2.05) is 0 Å². The first kappa shape index (κ1) is 12.6. The van der Waals surface area contributed by atoms with Crippen molar-refractivity contribution in [2.75, 3.05) is 17.2 Å². The maximum atomic E-state index is 13.8. The van der Waals surface area contributed by atoms with E-state index < -0.39 is 23.6 Å². The fourth-order valence-corrected chi connectivity index (χ4v) is 2.35. The molecule has 1 aromatic carbocycles. The highest BCUT2D eigenvalue weighted by atomic mass is 19.1. The minimum absolute atomic E-state index is 0.0152. The van der Waals surface area contributed by atoms with Crippen LogP contribution in [-0.4, -0.2) is 18.5 Å². The summed E-state index contributed by atoms with van der Waals surface area (Å²) in [5.74, 6) is -2.09. The molecule has 0 bridgehead atoms. The predicted molar refractivity (Wildman–Crippen MR) is 64.9 cm³/mol. The maximum Gasteiger partial charge on any atom is 0.240 e. The molecule has 1 heterocycles. The van der Waals surface area contributed by atoms with E-state index >= 15 is 0 Å². The van der Waals surface area contributed by atoms with E-state index in [0.717, 1.165) is 25.0 Å². The first-order valence-electron chi connectivity index (χ1n) is 5.81. The van der Waals surface area contributed by atoms with Crippen LogP contribution in [0.4, 0.5) is 20.2 Å². The summed E-state index contributed by atoms with van der Waals surface area (Å²) in [7, 11) is 0. The number of hydrogen-bond donors (Lipinski definition) is 2. The van der Waals surface area contributed by atoms with Gasteiger partial charge in [-0.1, -0.05) is 0 Å². The minimum Gasteiger partial charge on any atom is -0.399 e. The maximum absolute atomic E-state index is 13.8. The Hall–Kier alpha value is -1.85. The normalized spacial score (nSPS) is 19.9. The third kappa shape index (κ3) is 2.23. The Morgan fingerprint density at radius 3 is 2.44 bits per heavy atom. The highest BCUT2D eigenvalue weighted by molar-refractivity contribution is 5.84. The number of nitrogens with zero attached hydrogens (tertiary/aromatic N) is 1. The van der Waals surface area contributed by atoms with E-state index in [9.17, 15) is 13.6 Å². The predicted octanol–water partition coefficient (Wildman–Crippen LogP) is 1.39. The summed E-state index contributed by atoms with van der Waals surface area (Å²) in [4.78, 5) is 12.7. The number of carbonyl (C=O) groups is 1. The molecule has 0 spiro atoms. The molecule has 1 aliphatic rings. The number of amides is 1. The van der Waals surface area contributed by atoms with Crippen molar-refractivity contribution in [3.05, 3.63) is 23.8 Å². The largest absolute Gasteiger partial charge is 0.399 e. The van der Waals surface area contributed by atoms with Crippen LogP contribution in [0.25, 0.3) is 0 Å². The first-order chi connectivity index (χ1) is 8.50. The molecule has 0 radical (unpaired) electrons. The van der Waals surface area contributed by atoms with E-state index in [-0.39, 0.29) is 11.4 Å². The summed E-state index contributed by atoms with van der Waals surface area (Å²) in [5.41, 5.74) is 10.4. The van der Waals surface area contributed by atoms with Gasteiger partial charge in [0.15, 0.2) is 11.6 Å². The van der Waals surface area contributed by atoms with Crippen LogP contribution in [0.1, 0.15) is 19.3 Å². The van der Waals surface area contributed by atoms with Crippen molar-refractivity contribution in [2.45, 2.75) is 25.3 Å². The molecule has 1 amide bonds. The van der Waals surface area contributed by atoms with Gasteiger partial charge < -0.3 is 16.4 Å². The molecule has 6 heteroatoms. The molecule has 4 N–H and O–H groups in total. The van der Waals surface area contributed by atoms with Gasteiger partial charge in [-0.15, -0.1) is 0 Å². The van der Waals surface area contributed by atoms with Gasteiger partial charge in [0.25, 0.3) is 0 Å². The molecule has 1 fully saturated rings. The van der Waals surface area contributed by atoms with E-state index in [0.29, 0.717) is 13.0 Å². The topological polar surface area (TPSA) is 72.4 Å². The Bertz CT molecular complexity index is 455. The van der Waals surface area contributed by atoms with Gasteiger partial charge in [0.05, 0.1) is 0 Å². The second kappa shape index (κ2) is 4.80. The number of primary amides is 1. The molecule has 4 nitrogen and oxygen atoms in total. The van der Waals surface area contributed by atoms with Crippen LogP contribution < -0.4 is 16.4 Å². The van der Waals surface area contributed by atoms with Gasteiger partial charge in [0, 0.05) is 12.2 Å². The summed E-state index contributed by atoms with van der Waals surface area (Å²) >= 11 is 0. The van der Waals surface area contributed by atoms with Gasteiger partial charge in [-0.2, -0.15) is 0 Å². The average molecular weight is 255 g/mol. The number of piperidine rings is 1.